The second-order valence-electron chi connectivity index (χ2n) is 6.93. The maximum absolute atomic E-state index is 13.0. The van der Waals surface area contributed by atoms with Crippen molar-refractivity contribution in [2.45, 2.75) is 25.0 Å². The highest BCUT2D eigenvalue weighted by Gasteiger charge is 2.70. The molecule has 0 aromatic heterocycles. The Morgan fingerprint density at radius 1 is 1.16 bits per heavy atom. The molecule has 1 aromatic carbocycles. The number of carbonyl (C=O) groups excluding carboxylic acids is 3. The van der Waals surface area contributed by atoms with E-state index in [1.165, 1.54) is 19.2 Å². The van der Waals surface area contributed by atoms with Crippen LogP contribution in [0.1, 0.15) is 24.2 Å². The molecule has 6 nitrogen and oxygen atoms in total. The van der Waals surface area contributed by atoms with Gasteiger partial charge >= 0.3 is 5.97 Å². The van der Waals surface area contributed by atoms with Gasteiger partial charge in [-0.15, -0.1) is 0 Å². The number of esters is 1. The Bertz CT molecular complexity index is 829. The normalized spacial score (nSPS) is 35.4. The monoisotopic (exact) mass is 361 g/mol. The molecule has 1 aromatic rings. The van der Waals surface area contributed by atoms with E-state index in [4.69, 9.17) is 21.1 Å². The minimum absolute atomic E-state index is 0.106. The first-order valence-corrected chi connectivity index (χ1v) is 8.26. The molecule has 3 aliphatic rings. The molecule has 25 heavy (non-hydrogen) atoms. The predicted octanol–water partition coefficient (Wildman–Crippen LogP) is 2.35. The van der Waals surface area contributed by atoms with Gasteiger partial charge in [0.2, 0.25) is 11.8 Å². The fraction of sp³-hybridized carbons (Fsp3) is 0.389. The van der Waals surface area contributed by atoms with Gasteiger partial charge < -0.3 is 9.47 Å². The molecule has 7 heteroatoms. The predicted molar refractivity (Wildman–Crippen MR) is 89.3 cm³/mol. The number of imide groups is 1. The second-order valence-corrected chi connectivity index (χ2v) is 7.33. The largest absolute Gasteiger partial charge is 0.465 e. The quantitative estimate of drug-likeness (QED) is 0.459. The molecule has 0 N–H and O–H groups in total. The third-order valence-corrected chi connectivity index (χ3v) is 5.67. The summed E-state index contributed by atoms with van der Waals surface area (Å²) in [4.78, 5) is 39.0. The smallest absolute Gasteiger partial charge is 0.339 e. The first-order valence-electron chi connectivity index (χ1n) is 7.88. The van der Waals surface area contributed by atoms with E-state index < -0.39 is 29.0 Å². The van der Waals surface area contributed by atoms with Crippen LogP contribution in [-0.4, -0.2) is 36.1 Å². The van der Waals surface area contributed by atoms with Gasteiger partial charge in [0.05, 0.1) is 46.4 Å². The standard InChI is InChI=1S/C18H16ClNO5/c1-17-6-7-18(2,25-17)13-12(17)14(21)20(15(13)22)9-4-5-11(19)10(8-9)16(23)24-3/h4-8,12-13H,1-3H3/t12-,13-,17-,18-/m1/s1. The van der Waals surface area contributed by atoms with Crippen LogP contribution in [0.5, 0.6) is 0 Å². The van der Waals surface area contributed by atoms with Crippen LogP contribution < -0.4 is 4.90 Å². The molecule has 2 bridgehead atoms. The summed E-state index contributed by atoms with van der Waals surface area (Å²) < 4.78 is 10.7. The first kappa shape index (κ1) is 16.3. The third kappa shape index (κ3) is 1.98. The summed E-state index contributed by atoms with van der Waals surface area (Å²) in [5, 5.41) is 0.193. The molecule has 3 heterocycles. The van der Waals surface area contributed by atoms with Crippen molar-refractivity contribution in [2.75, 3.05) is 12.0 Å². The zero-order valence-corrected chi connectivity index (χ0v) is 14.7. The number of hydrogen-bond acceptors (Lipinski definition) is 5. The number of rotatable bonds is 2. The van der Waals surface area contributed by atoms with E-state index in [9.17, 15) is 14.4 Å². The van der Waals surface area contributed by atoms with Gasteiger partial charge in [0.1, 0.15) is 0 Å². The first-order chi connectivity index (χ1) is 11.7. The number of halogens is 1. The summed E-state index contributed by atoms with van der Waals surface area (Å²) in [5.41, 5.74) is -1.17. The van der Waals surface area contributed by atoms with Crippen LogP contribution in [0.4, 0.5) is 5.69 Å². The summed E-state index contributed by atoms with van der Waals surface area (Å²) in [6.07, 6.45) is 3.70. The van der Waals surface area contributed by atoms with Crippen LogP contribution in [0.15, 0.2) is 30.4 Å². The highest BCUT2D eigenvalue weighted by molar-refractivity contribution is 6.34. The SMILES string of the molecule is COC(=O)c1cc(N2C(=O)[C@H]3[C@H](C2=O)[C@@]2(C)C=C[C@@]3(C)O2)ccc1Cl. The van der Waals surface area contributed by atoms with E-state index >= 15 is 0 Å². The van der Waals surface area contributed by atoms with Gasteiger partial charge in [-0.1, -0.05) is 23.8 Å². The number of methoxy groups -OCH3 is 1. The molecule has 0 saturated carbocycles. The van der Waals surface area contributed by atoms with Crippen molar-refractivity contribution in [1.82, 2.24) is 0 Å². The Kier molecular flexibility index (Phi) is 3.21. The molecule has 4 rings (SSSR count). The number of benzene rings is 1. The molecule has 0 aliphatic carbocycles. The van der Waals surface area contributed by atoms with Crippen molar-refractivity contribution in [1.29, 1.82) is 0 Å². The van der Waals surface area contributed by atoms with E-state index in [0.717, 1.165) is 4.90 Å². The van der Waals surface area contributed by atoms with Crippen molar-refractivity contribution >= 4 is 35.1 Å². The lowest BCUT2D eigenvalue weighted by Crippen LogP contribution is -2.39. The topological polar surface area (TPSA) is 72.9 Å². The molecule has 0 radical (unpaired) electrons. The van der Waals surface area contributed by atoms with Gasteiger partial charge in [0, 0.05) is 0 Å². The van der Waals surface area contributed by atoms with Crippen LogP contribution >= 0.6 is 11.6 Å². The maximum Gasteiger partial charge on any atom is 0.339 e. The molecule has 4 atom stereocenters. The molecule has 130 valence electrons. The number of ether oxygens (including phenoxy) is 2. The fourth-order valence-corrected chi connectivity index (χ4v) is 4.40. The number of nitrogens with zero attached hydrogens (tertiary/aromatic N) is 1. The minimum atomic E-state index is -0.793. The van der Waals surface area contributed by atoms with Crippen LogP contribution in [0.25, 0.3) is 0 Å². The van der Waals surface area contributed by atoms with E-state index in [1.807, 2.05) is 26.0 Å². The Labute approximate surface area is 149 Å². The van der Waals surface area contributed by atoms with Crippen LogP contribution in [-0.2, 0) is 19.1 Å². The highest BCUT2D eigenvalue weighted by atomic mass is 35.5. The fourth-order valence-electron chi connectivity index (χ4n) is 4.20. The van der Waals surface area contributed by atoms with Crippen molar-refractivity contribution in [3.05, 3.63) is 40.9 Å². The van der Waals surface area contributed by atoms with Crippen molar-refractivity contribution < 1.29 is 23.9 Å². The minimum Gasteiger partial charge on any atom is -0.465 e. The molecule has 0 unspecified atom stereocenters. The average Bonchev–Trinajstić information content (AvgIpc) is 3.12. The molecule has 3 aliphatic heterocycles. The van der Waals surface area contributed by atoms with E-state index in [2.05, 4.69) is 0 Å². The van der Waals surface area contributed by atoms with Gasteiger partial charge in [-0.25, -0.2) is 9.69 Å². The molecule has 2 amide bonds. The Morgan fingerprint density at radius 2 is 1.72 bits per heavy atom. The lowest BCUT2D eigenvalue weighted by Gasteiger charge is -2.25. The summed E-state index contributed by atoms with van der Waals surface area (Å²) in [7, 11) is 1.24. The molecule has 0 spiro atoms. The zero-order valence-electron chi connectivity index (χ0n) is 13.9. The zero-order chi connectivity index (χ0) is 18.1. The van der Waals surface area contributed by atoms with Gasteiger partial charge in [-0.3, -0.25) is 9.59 Å². The van der Waals surface area contributed by atoms with Crippen molar-refractivity contribution in [3.63, 3.8) is 0 Å². The van der Waals surface area contributed by atoms with Gasteiger partial charge in [0.25, 0.3) is 0 Å². The molecular formula is C18H16ClNO5. The van der Waals surface area contributed by atoms with Gasteiger partial charge in [-0.05, 0) is 32.0 Å². The Balaban J connectivity index is 1.78. The van der Waals surface area contributed by atoms with Gasteiger partial charge in [0.15, 0.2) is 0 Å². The third-order valence-electron chi connectivity index (χ3n) is 5.34. The highest BCUT2D eigenvalue weighted by Crippen LogP contribution is 2.57. The maximum atomic E-state index is 13.0. The number of amides is 2. The van der Waals surface area contributed by atoms with E-state index in [1.54, 1.807) is 6.07 Å². The summed E-state index contributed by atoms with van der Waals surface area (Å²) in [5.74, 6) is -2.44. The van der Waals surface area contributed by atoms with Crippen LogP contribution in [0.2, 0.25) is 5.02 Å². The van der Waals surface area contributed by atoms with Crippen LogP contribution in [0, 0.1) is 11.8 Å². The Hall–Kier alpha value is -2.18. The summed E-state index contributed by atoms with van der Waals surface area (Å²) >= 11 is 6.03. The number of anilines is 1. The van der Waals surface area contributed by atoms with E-state index in [0.29, 0.717) is 5.69 Å². The number of fused-ring (bicyclic) bond motifs is 5. The number of hydrogen-bond donors (Lipinski definition) is 0. The Morgan fingerprint density at radius 3 is 2.24 bits per heavy atom. The lowest BCUT2D eigenvalue weighted by atomic mass is 9.73. The molecule has 2 fully saturated rings. The van der Waals surface area contributed by atoms with Gasteiger partial charge in [-0.2, -0.15) is 0 Å². The van der Waals surface area contributed by atoms with Crippen molar-refractivity contribution in [2.24, 2.45) is 11.8 Å². The van der Waals surface area contributed by atoms with Crippen molar-refractivity contribution in [3.8, 4) is 0 Å². The molecular weight excluding hydrogens is 346 g/mol. The lowest BCUT2D eigenvalue weighted by molar-refractivity contribution is -0.128. The van der Waals surface area contributed by atoms with Crippen LogP contribution in [0.3, 0.4) is 0 Å². The average molecular weight is 362 g/mol. The summed E-state index contributed by atoms with van der Waals surface area (Å²) in [6.45, 7) is 3.63. The van der Waals surface area contributed by atoms with E-state index in [-0.39, 0.29) is 22.4 Å². The summed E-state index contributed by atoms with van der Waals surface area (Å²) in [6, 6.07) is 4.43. The second kappa shape index (κ2) is 4.93. The number of carbonyl (C=O) groups is 3. The molecule has 2 saturated heterocycles.